The zero-order chi connectivity index (χ0) is 27.1. The van der Waals surface area contributed by atoms with Gasteiger partial charge in [0.1, 0.15) is 42.1 Å². The first-order valence-corrected chi connectivity index (χ1v) is 12.6. The molecule has 38 heavy (non-hydrogen) atoms. The van der Waals surface area contributed by atoms with Crippen molar-refractivity contribution >= 4 is 22.4 Å². The summed E-state index contributed by atoms with van der Waals surface area (Å²) in [6, 6.07) is 26.7. The summed E-state index contributed by atoms with van der Waals surface area (Å²) in [5.41, 5.74) is 7.96. The van der Waals surface area contributed by atoms with E-state index in [2.05, 4.69) is 50.5 Å². The number of esters is 1. The van der Waals surface area contributed by atoms with E-state index in [1.807, 2.05) is 6.07 Å². The normalized spacial score (nSPS) is 12.2. The van der Waals surface area contributed by atoms with Crippen LogP contribution in [-0.2, 0) is 11.2 Å². The number of para-hydroxylation sites is 2. The molecule has 4 rings (SSSR count). The van der Waals surface area contributed by atoms with E-state index >= 15 is 0 Å². The number of nitrogens with two attached hydrogens (primary N) is 1. The number of carbonyl (C=O) groups excluding carboxylic acids is 1. The number of nitrogens with zero attached hydrogens (tertiary/aromatic N) is 1. The van der Waals surface area contributed by atoms with Crippen molar-refractivity contribution < 1.29 is 28.6 Å². The quantitative estimate of drug-likeness (QED) is 0.165. The number of nitrogen functional groups attached to an aromatic ring is 1. The highest BCUT2D eigenvalue weighted by atomic mass is 16.5. The first-order valence-electron chi connectivity index (χ1n) is 12.6. The van der Waals surface area contributed by atoms with E-state index in [4.69, 9.17) is 19.9 Å². The minimum Gasteiger partial charge on any atom is -0.491 e. The van der Waals surface area contributed by atoms with Crippen molar-refractivity contribution in [2.45, 2.75) is 12.5 Å². The van der Waals surface area contributed by atoms with Gasteiger partial charge in [0.2, 0.25) is 0 Å². The van der Waals surface area contributed by atoms with E-state index in [-0.39, 0.29) is 17.9 Å². The summed E-state index contributed by atoms with van der Waals surface area (Å²) >= 11 is 0. The van der Waals surface area contributed by atoms with Crippen LogP contribution in [0.15, 0.2) is 84.9 Å². The molecule has 7 heteroatoms. The second-order valence-corrected chi connectivity index (χ2v) is 10.0. The third-order valence-electron chi connectivity index (χ3n) is 6.46. The number of quaternary nitrogens is 1. The number of hydrogen-bond donors (Lipinski definition) is 2. The number of likely N-dealkylation sites (N-methyl/N-ethyl adjacent to an activating group) is 1. The Morgan fingerprint density at radius 2 is 1.66 bits per heavy atom. The topological polar surface area (TPSA) is 91.0 Å². The smallest absolute Gasteiger partial charge is 0.341 e. The summed E-state index contributed by atoms with van der Waals surface area (Å²) in [5.74, 6) is 0.600. The molecule has 4 aromatic rings. The van der Waals surface area contributed by atoms with Crippen molar-refractivity contribution in [3.05, 3.63) is 96.1 Å². The summed E-state index contributed by atoms with van der Waals surface area (Å²) in [6.45, 7) is 1.50. The molecule has 4 aromatic carbocycles. The molecular weight excluding hydrogens is 480 g/mol. The average Bonchev–Trinajstić information content (AvgIpc) is 2.91. The van der Waals surface area contributed by atoms with Crippen LogP contribution in [0.2, 0.25) is 0 Å². The van der Waals surface area contributed by atoms with Gasteiger partial charge in [0.05, 0.1) is 33.4 Å². The highest BCUT2D eigenvalue weighted by Crippen LogP contribution is 2.33. The molecule has 0 aliphatic rings. The van der Waals surface area contributed by atoms with Crippen molar-refractivity contribution in [1.29, 1.82) is 0 Å². The first kappa shape index (κ1) is 27.0. The fourth-order valence-corrected chi connectivity index (χ4v) is 4.38. The summed E-state index contributed by atoms with van der Waals surface area (Å²) in [7, 11) is 5.51. The van der Waals surface area contributed by atoms with Gasteiger partial charge < -0.3 is 29.5 Å². The minimum atomic E-state index is -0.684. The van der Waals surface area contributed by atoms with Gasteiger partial charge in [-0.1, -0.05) is 54.6 Å². The molecule has 1 atom stereocenters. The maximum Gasteiger partial charge on any atom is 0.341 e. The van der Waals surface area contributed by atoms with Crippen LogP contribution in [0.3, 0.4) is 0 Å². The molecule has 0 radical (unpaired) electrons. The van der Waals surface area contributed by atoms with E-state index in [0.717, 1.165) is 13.0 Å². The van der Waals surface area contributed by atoms with Crippen LogP contribution in [-0.4, -0.2) is 62.6 Å². The molecular formula is C31H35N2O5+. The number of fused-ring (bicyclic) bond motifs is 1. The molecule has 0 heterocycles. The van der Waals surface area contributed by atoms with Gasteiger partial charge in [-0.05, 0) is 40.6 Å². The number of benzene rings is 4. The van der Waals surface area contributed by atoms with Gasteiger partial charge in [-0.3, -0.25) is 0 Å². The number of anilines is 1. The van der Waals surface area contributed by atoms with Crippen molar-refractivity contribution in [3.63, 3.8) is 0 Å². The van der Waals surface area contributed by atoms with Crippen LogP contribution in [0.4, 0.5) is 5.69 Å². The fraction of sp³-hybridized carbons (Fsp3) is 0.258. The van der Waals surface area contributed by atoms with Crippen LogP contribution in [0, 0.1) is 0 Å². The molecule has 3 N–H and O–H groups in total. The second kappa shape index (κ2) is 12.0. The van der Waals surface area contributed by atoms with E-state index in [0.29, 0.717) is 28.2 Å². The van der Waals surface area contributed by atoms with Crippen LogP contribution >= 0.6 is 0 Å². The van der Waals surface area contributed by atoms with Crippen LogP contribution < -0.4 is 15.2 Å². The van der Waals surface area contributed by atoms with Crippen molar-refractivity contribution in [1.82, 2.24) is 0 Å². The maximum atomic E-state index is 12.3. The monoisotopic (exact) mass is 515 g/mol. The molecule has 0 saturated heterocycles. The van der Waals surface area contributed by atoms with Crippen LogP contribution in [0.1, 0.15) is 15.9 Å². The highest BCUT2D eigenvalue weighted by Gasteiger charge is 2.22. The van der Waals surface area contributed by atoms with Gasteiger partial charge in [-0.15, -0.1) is 0 Å². The summed E-state index contributed by atoms with van der Waals surface area (Å²) < 4.78 is 17.3. The zero-order valence-electron chi connectivity index (χ0n) is 22.1. The largest absolute Gasteiger partial charge is 0.491 e. The molecule has 0 aliphatic carbocycles. The van der Waals surface area contributed by atoms with Gasteiger partial charge in [0.25, 0.3) is 0 Å². The Kier molecular flexibility index (Phi) is 8.51. The Balaban J connectivity index is 1.36. The Bertz CT molecular complexity index is 1400. The lowest BCUT2D eigenvalue weighted by molar-refractivity contribution is -0.893. The van der Waals surface area contributed by atoms with E-state index in [1.54, 1.807) is 42.5 Å². The molecule has 0 spiro atoms. The molecule has 7 nitrogen and oxygen atoms in total. The summed E-state index contributed by atoms with van der Waals surface area (Å²) in [6.07, 6.45) is 0.222. The lowest BCUT2D eigenvalue weighted by atomic mass is 10.0. The van der Waals surface area contributed by atoms with Gasteiger partial charge >= 0.3 is 5.97 Å². The number of hydrogen-bond acceptors (Lipinski definition) is 6. The summed E-state index contributed by atoms with van der Waals surface area (Å²) in [4.78, 5) is 12.3. The molecule has 198 valence electrons. The number of ether oxygens (including phenoxy) is 3. The van der Waals surface area contributed by atoms with Gasteiger partial charge in [-0.25, -0.2) is 4.79 Å². The van der Waals surface area contributed by atoms with Gasteiger partial charge in [0.15, 0.2) is 0 Å². The predicted octanol–water partition coefficient (Wildman–Crippen LogP) is 5.06. The number of aliphatic hydroxyl groups excluding tert-OH is 1. The van der Waals surface area contributed by atoms with Crippen molar-refractivity contribution in [2.75, 3.05) is 46.6 Å². The van der Waals surface area contributed by atoms with E-state index in [9.17, 15) is 9.90 Å². The number of methoxy groups -OCH3 is 1. The third-order valence-corrected chi connectivity index (χ3v) is 6.46. The molecule has 0 bridgehead atoms. The zero-order valence-corrected chi connectivity index (χ0v) is 22.1. The van der Waals surface area contributed by atoms with E-state index in [1.165, 1.54) is 23.4 Å². The van der Waals surface area contributed by atoms with Crippen LogP contribution in [0.5, 0.6) is 17.2 Å². The minimum absolute atomic E-state index is 0.0993. The number of rotatable bonds is 11. The molecule has 0 aliphatic heterocycles. The molecule has 0 aromatic heterocycles. The maximum absolute atomic E-state index is 12.3. The summed E-state index contributed by atoms with van der Waals surface area (Å²) in [5, 5.41) is 13.2. The first-order chi connectivity index (χ1) is 18.2. The molecule has 0 saturated carbocycles. The Hall–Kier alpha value is -4.07. The molecule has 0 fully saturated rings. The Morgan fingerprint density at radius 3 is 2.42 bits per heavy atom. The second-order valence-electron chi connectivity index (χ2n) is 10.0. The van der Waals surface area contributed by atoms with Crippen molar-refractivity contribution in [3.8, 4) is 17.2 Å². The lowest BCUT2D eigenvalue weighted by Crippen LogP contribution is -2.48. The fourth-order valence-electron chi connectivity index (χ4n) is 4.38. The SMILES string of the molecule is COC(=O)c1ccc(OC[C@H](O)C[N+](C)(C)CCc2ccc3ccccc3c2)cc1Oc1ccccc1N. The average molecular weight is 516 g/mol. The number of carbonyl (C=O) groups is 1. The lowest BCUT2D eigenvalue weighted by Gasteiger charge is -2.32. The third kappa shape index (κ3) is 7.03. The Labute approximate surface area is 223 Å². The van der Waals surface area contributed by atoms with E-state index < -0.39 is 12.1 Å². The molecule has 0 unspecified atom stereocenters. The number of aliphatic hydroxyl groups is 1. The van der Waals surface area contributed by atoms with Gasteiger partial charge in [-0.2, -0.15) is 0 Å². The van der Waals surface area contributed by atoms with Crippen molar-refractivity contribution in [2.24, 2.45) is 0 Å². The standard InChI is InChI=1S/C31H35N2O5/c1-33(2,17-16-22-12-13-23-8-4-5-9-24(23)18-22)20-25(34)21-37-26-14-15-27(31(35)36-3)30(19-26)38-29-11-7-6-10-28(29)32/h4-15,18-19,25,34H,16-17,20-21,32H2,1-3H3/q+1/t25-/m1/s1. The predicted molar refractivity (Wildman–Crippen MR) is 150 cm³/mol. The Morgan fingerprint density at radius 1 is 0.921 bits per heavy atom. The molecule has 0 amide bonds. The van der Waals surface area contributed by atoms with Gasteiger partial charge in [0, 0.05) is 12.5 Å². The highest BCUT2D eigenvalue weighted by molar-refractivity contribution is 5.93. The van der Waals surface area contributed by atoms with Crippen LogP contribution in [0.25, 0.3) is 10.8 Å².